The van der Waals surface area contributed by atoms with Crippen molar-refractivity contribution >= 4 is 5.97 Å². The van der Waals surface area contributed by atoms with Crippen LogP contribution in [0.4, 0.5) is 0 Å². The van der Waals surface area contributed by atoms with Crippen molar-refractivity contribution in [2.45, 2.75) is 39.7 Å². The van der Waals surface area contributed by atoms with E-state index < -0.39 is 5.97 Å². The highest BCUT2D eigenvalue weighted by Crippen LogP contribution is 2.25. The molecule has 0 aromatic heterocycles. The first-order chi connectivity index (χ1) is 8.60. The Morgan fingerprint density at radius 2 is 1.78 bits per heavy atom. The van der Waals surface area contributed by atoms with E-state index in [9.17, 15) is 4.79 Å². The third-order valence-corrected chi connectivity index (χ3v) is 2.65. The number of ether oxygens (including phenoxy) is 2. The van der Waals surface area contributed by atoms with Crippen LogP contribution in [0.25, 0.3) is 0 Å². The fourth-order valence-corrected chi connectivity index (χ4v) is 1.66. The first-order valence-electron chi connectivity index (χ1n) is 6.28. The first-order valence-corrected chi connectivity index (χ1v) is 6.28. The van der Waals surface area contributed by atoms with Gasteiger partial charge < -0.3 is 14.6 Å². The average molecular weight is 252 g/mol. The first kappa shape index (κ1) is 14.4. The summed E-state index contributed by atoms with van der Waals surface area (Å²) in [5.74, 6) is 0.0938. The van der Waals surface area contributed by atoms with Gasteiger partial charge in [-0.1, -0.05) is 13.8 Å². The molecular formula is C14H20O4. The van der Waals surface area contributed by atoms with Crippen molar-refractivity contribution in [2.24, 2.45) is 0 Å². The summed E-state index contributed by atoms with van der Waals surface area (Å²) in [6.07, 6.45) is 1.87. The van der Waals surface area contributed by atoms with Crippen molar-refractivity contribution in [2.75, 3.05) is 6.61 Å². The lowest BCUT2D eigenvalue weighted by Gasteiger charge is -2.17. The predicted octanol–water partition coefficient (Wildman–Crippen LogP) is 3.35. The van der Waals surface area contributed by atoms with Gasteiger partial charge in [0.15, 0.2) is 0 Å². The molecule has 1 rings (SSSR count). The third kappa shape index (κ3) is 3.95. The topological polar surface area (TPSA) is 55.8 Å². The van der Waals surface area contributed by atoms with Gasteiger partial charge in [0.25, 0.3) is 0 Å². The van der Waals surface area contributed by atoms with E-state index in [1.807, 2.05) is 20.8 Å². The van der Waals surface area contributed by atoms with Crippen molar-refractivity contribution in [1.29, 1.82) is 0 Å². The second-order valence-corrected chi connectivity index (χ2v) is 3.99. The average Bonchev–Trinajstić information content (AvgIpc) is 2.36. The molecule has 0 bridgehead atoms. The molecule has 0 amide bonds. The van der Waals surface area contributed by atoms with Gasteiger partial charge in [-0.2, -0.15) is 0 Å². The number of rotatable bonds is 7. The van der Waals surface area contributed by atoms with E-state index in [-0.39, 0.29) is 11.7 Å². The molecule has 100 valence electrons. The fraction of sp³-hybridized carbons (Fsp3) is 0.500. The number of hydrogen-bond donors (Lipinski definition) is 1. The number of benzene rings is 1. The highest BCUT2D eigenvalue weighted by Gasteiger charge is 2.11. The molecule has 0 aliphatic carbocycles. The Morgan fingerprint density at radius 3 is 2.28 bits per heavy atom. The Bertz CT molecular complexity index is 397. The molecule has 1 aromatic rings. The van der Waals surface area contributed by atoms with Crippen LogP contribution in [0.3, 0.4) is 0 Å². The van der Waals surface area contributed by atoms with Crippen LogP contribution in [0.2, 0.25) is 0 Å². The summed E-state index contributed by atoms with van der Waals surface area (Å²) in [6.45, 7) is 6.43. The normalized spacial score (nSPS) is 10.4. The summed E-state index contributed by atoms with van der Waals surface area (Å²) in [4.78, 5) is 11.0. The highest BCUT2D eigenvalue weighted by molar-refractivity contribution is 5.88. The summed E-state index contributed by atoms with van der Waals surface area (Å²) in [5, 5.41) is 9.04. The SMILES string of the molecule is CCOc1cc(OC(CC)CC)cc(C(=O)O)c1. The minimum absolute atomic E-state index is 0.100. The van der Waals surface area contributed by atoms with Gasteiger partial charge in [0.05, 0.1) is 18.3 Å². The number of aromatic carboxylic acids is 1. The summed E-state index contributed by atoms with van der Waals surface area (Å²) in [6, 6.07) is 4.77. The van der Waals surface area contributed by atoms with Gasteiger partial charge in [-0.15, -0.1) is 0 Å². The van der Waals surface area contributed by atoms with Crippen LogP contribution in [0.1, 0.15) is 44.0 Å². The number of carbonyl (C=O) groups is 1. The highest BCUT2D eigenvalue weighted by atomic mass is 16.5. The Hall–Kier alpha value is -1.71. The van der Waals surface area contributed by atoms with Gasteiger partial charge in [0, 0.05) is 6.07 Å². The second-order valence-electron chi connectivity index (χ2n) is 3.99. The molecule has 0 heterocycles. The maximum Gasteiger partial charge on any atom is 0.335 e. The molecule has 1 aromatic carbocycles. The van der Waals surface area contributed by atoms with E-state index in [4.69, 9.17) is 14.6 Å². The lowest BCUT2D eigenvalue weighted by molar-refractivity contribution is 0.0695. The van der Waals surface area contributed by atoms with Crippen LogP contribution >= 0.6 is 0 Å². The van der Waals surface area contributed by atoms with Crippen molar-refractivity contribution < 1.29 is 19.4 Å². The molecule has 4 heteroatoms. The zero-order valence-electron chi connectivity index (χ0n) is 11.1. The minimum Gasteiger partial charge on any atom is -0.494 e. The van der Waals surface area contributed by atoms with E-state index in [1.165, 1.54) is 12.1 Å². The van der Waals surface area contributed by atoms with E-state index >= 15 is 0 Å². The minimum atomic E-state index is -0.981. The molecule has 18 heavy (non-hydrogen) atoms. The molecule has 0 unspecified atom stereocenters. The Labute approximate surface area is 108 Å². The zero-order chi connectivity index (χ0) is 13.5. The number of hydrogen-bond acceptors (Lipinski definition) is 3. The smallest absolute Gasteiger partial charge is 0.335 e. The molecule has 0 spiro atoms. The van der Waals surface area contributed by atoms with E-state index in [2.05, 4.69) is 0 Å². The van der Waals surface area contributed by atoms with Gasteiger partial charge >= 0.3 is 5.97 Å². The molecule has 0 aliphatic heterocycles. The quantitative estimate of drug-likeness (QED) is 0.808. The van der Waals surface area contributed by atoms with E-state index in [0.29, 0.717) is 18.1 Å². The molecule has 0 saturated carbocycles. The molecule has 0 aliphatic rings. The zero-order valence-corrected chi connectivity index (χ0v) is 11.1. The lowest BCUT2D eigenvalue weighted by Crippen LogP contribution is -2.14. The van der Waals surface area contributed by atoms with Crippen molar-refractivity contribution in [1.82, 2.24) is 0 Å². The standard InChI is InChI=1S/C14H20O4/c1-4-11(5-2)18-13-8-10(14(15)16)7-12(9-13)17-6-3/h7-9,11H,4-6H2,1-3H3,(H,15,16). The molecule has 0 radical (unpaired) electrons. The van der Waals surface area contributed by atoms with Crippen molar-refractivity contribution in [3.05, 3.63) is 23.8 Å². The van der Waals surface area contributed by atoms with Crippen LogP contribution in [-0.4, -0.2) is 23.8 Å². The monoisotopic (exact) mass is 252 g/mol. The van der Waals surface area contributed by atoms with Gasteiger partial charge in [0.1, 0.15) is 11.5 Å². The summed E-state index contributed by atoms with van der Waals surface area (Å²) in [5.41, 5.74) is 0.182. The largest absolute Gasteiger partial charge is 0.494 e. The maximum atomic E-state index is 11.0. The lowest BCUT2D eigenvalue weighted by atomic mass is 10.2. The van der Waals surface area contributed by atoms with Crippen LogP contribution in [0, 0.1) is 0 Å². The molecular weight excluding hydrogens is 232 g/mol. The van der Waals surface area contributed by atoms with Gasteiger partial charge in [-0.05, 0) is 31.9 Å². The number of carboxylic acids is 1. The van der Waals surface area contributed by atoms with Crippen LogP contribution < -0.4 is 9.47 Å². The van der Waals surface area contributed by atoms with Crippen LogP contribution in [0.5, 0.6) is 11.5 Å². The Balaban J connectivity index is 2.98. The van der Waals surface area contributed by atoms with E-state index in [0.717, 1.165) is 12.8 Å². The molecule has 1 N–H and O–H groups in total. The maximum absolute atomic E-state index is 11.0. The van der Waals surface area contributed by atoms with Crippen LogP contribution in [0.15, 0.2) is 18.2 Å². The molecule has 0 atom stereocenters. The van der Waals surface area contributed by atoms with Crippen molar-refractivity contribution in [3.63, 3.8) is 0 Å². The Morgan fingerprint density at radius 1 is 1.17 bits per heavy atom. The summed E-state index contributed by atoms with van der Waals surface area (Å²) in [7, 11) is 0. The van der Waals surface area contributed by atoms with Crippen molar-refractivity contribution in [3.8, 4) is 11.5 Å². The van der Waals surface area contributed by atoms with Gasteiger partial charge in [-0.25, -0.2) is 4.79 Å². The van der Waals surface area contributed by atoms with E-state index in [1.54, 1.807) is 6.07 Å². The Kier molecular flexibility index (Phi) is 5.49. The summed E-state index contributed by atoms with van der Waals surface area (Å²) >= 11 is 0. The molecule has 0 saturated heterocycles. The number of carboxylic acid groups (broad SMARTS) is 1. The summed E-state index contributed by atoms with van der Waals surface area (Å²) < 4.78 is 11.1. The predicted molar refractivity (Wildman–Crippen MR) is 69.6 cm³/mol. The molecule has 0 fully saturated rings. The second kappa shape index (κ2) is 6.89. The van der Waals surface area contributed by atoms with Gasteiger partial charge in [0.2, 0.25) is 0 Å². The molecule has 4 nitrogen and oxygen atoms in total. The van der Waals surface area contributed by atoms with Gasteiger partial charge in [-0.3, -0.25) is 0 Å². The third-order valence-electron chi connectivity index (χ3n) is 2.65. The van der Waals surface area contributed by atoms with Crippen LogP contribution in [-0.2, 0) is 0 Å². The fourth-order valence-electron chi connectivity index (χ4n) is 1.66.